The first kappa shape index (κ1) is 14.7. The lowest BCUT2D eigenvalue weighted by Gasteiger charge is -2.40. The van der Waals surface area contributed by atoms with Crippen LogP contribution in [0.25, 0.3) is 0 Å². The van der Waals surface area contributed by atoms with E-state index in [0.29, 0.717) is 0 Å². The molecule has 2 aromatic carbocycles. The van der Waals surface area contributed by atoms with Crippen molar-refractivity contribution in [1.82, 2.24) is 0 Å². The van der Waals surface area contributed by atoms with Gasteiger partial charge >= 0.3 is 17.9 Å². The average Bonchev–Trinajstić information content (AvgIpc) is 2.46. The summed E-state index contributed by atoms with van der Waals surface area (Å²) in [6.45, 7) is 0. The number of nitrogens with one attached hydrogen (secondary N) is 1. The summed E-state index contributed by atoms with van der Waals surface area (Å²) in [7, 11) is 0. The highest BCUT2D eigenvalue weighted by atomic mass is 35.5. The predicted octanol–water partition coefficient (Wildman–Crippen LogP) is 4.34. The molecule has 0 radical (unpaired) electrons. The molecular weight excluding hydrogens is 319 g/mol. The van der Waals surface area contributed by atoms with E-state index in [0.717, 1.165) is 0 Å². The molecule has 0 spiro atoms. The zero-order chi connectivity index (χ0) is 16.0. The Bertz CT molecular complexity index is 733. The van der Waals surface area contributed by atoms with Crippen LogP contribution < -0.4 is 5.32 Å². The summed E-state index contributed by atoms with van der Waals surface area (Å²) in [5, 5.41) is 2.50. The summed E-state index contributed by atoms with van der Waals surface area (Å²) < 4.78 is 45.8. The van der Waals surface area contributed by atoms with Gasteiger partial charge in [0, 0.05) is 10.6 Å². The van der Waals surface area contributed by atoms with Gasteiger partial charge in [-0.05, 0) is 18.2 Å². The van der Waals surface area contributed by atoms with E-state index in [-0.39, 0.29) is 21.8 Å². The molecule has 0 aliphatic carbocycles. The van der Waals surface area contributed by atoms with E-state index >= 15 is 0 Å². The van der Waals surface area contributed by atoms with Crippen LogP contribution in [0.4, 0.5) is 18.9 Å². The zero-order valence-electron chi connectivity index (χ0n) is 10.9. The third kappa shape index (κ3) is 2.20. The molecule has 0 amide bonds. The van der Waals surface area contributed by atoms with Crippen LogP contribution in [0.1, 0.15) is 15.9 Å². The summed E-state index contributed by atoms with van der Waals surface area (Å²) >= 11 is 5.80. The molecule has 3 nitrogen and oxygen atoms in total. The van der Waals surface area contributed by atoms with Crippen molar-refractivity contribution < 1.29 is 22.7 Å². The standard InChI is InChI=1S/C15H9ClF3NO2/c16-10-6-7-11-12(8-10)20-14(15(17,18)19,22-13(11)21)9-4-2-1-3-5-9/h1-8,20H/t14-/m0/s1. The molecule has 1 N–H and O–H groups in total. The molecule has 1 atom stereocenters. The van der Waals surface area contributed by atoms with Crippen LogP contribution in [0.15, 0.2) is 48.5 Å². The number of hydrogen-bond acceptors (Lipinski definition) is 3. The molecule has 1 aliphatic rings. The van der Waals surface area contributed by atoms with Gasteiger partial charge in [0.05, 0.1) is 11.3 Å². The Kier molecular flexibility index (Phi) is 3.29. The Morgan fingerprint density at radius 1 is 1.09 bits per heavy atom. The van der Waals surface area contributed by atoms with Crippen LogP contribution in [0.5, 0.6) is 0 Å². The number of carbonyl (C=O) groups excluding carboxylic acids is 1. The van der Waals surface area contributed by atoms with Gasteiger partial charge in [-0.2, -0.15) is 13.2 Å². The Hall–Kier alpha value is -2.21. The number of alkyl halides is 3. The fourth-order valence-corrected chi connectivity index (χ4v) is 2.48. The maximum absolute atomic E-state index is 13.7. The second-order valence-corrected chi connectivity index (χ2v) is 5.19. The molecule has 0 saturated heterocycles. The molecule has 7 heteroatoms. The number of anilines is 1. The summed E-state index contributed by atoms with van der Waals surface area (Å²) in [5.41, 5.74) is -3.19. The SMILES string of the molecule is O=C1O[C@@](c2ccccc2)(C(F)(F)F)Nc2cc(Cl)ccc21. The first-order valence-corrected chi connectivity index (χ1v) is 6.64. The van der Waals surface area contributed by atoms with E-state index in [9.17, 15) is 18.0 Å². The van der Waals surface area contributed by atoms with Crippen LogP contribution in [0.2, 0.25) is 5.02 Å². The summed E-state index contributed by atoms with van der Waals surface area (Å²) in [5.74, 6) is -1.06. The predicted molar refractivity (Wildman–Crippen MR) is 74.7 cm³/mol. The second kappa shape index (κ2) is 4.91. The topological polar surface area (TPSA) is 38.3 Å². The number of esters is 1. The van der Waals surface area contributed by atoms with Crippen molar-refractivity contribution in [2.45, 2.75) is 11.9 Å². The third-order valence-electron chi connectivity index (χ3n) is 3.34. The van der Waals surface area contributed by atoms with Crippen molar-refractivity contribution in [2.75, 3.05) is 5.32 Å². The van der Waals surface area contributed by atoms with E-state index in [2.05, 4.69) is 5.32 Å². The minimum atomic E-state index is -4.86. The van der Waals surface area contributed by atoms with E-state index in [1.54, 1.807) is 6.07 Å². The van der Waals surface area contributed by atoms with Gasteiger partial charge in [-0.3, -0.25) is 0 Å². The minimum absolute atomic E-state index is 0.000191. The zero-order valence-corrected chi connectivity index (χ0v) is 11.7. The Morgan fingerprint density at radius 2 is 1.77 bits per heavy atom. The van der Waals surface area contributed by atoms with E-state index in [1.807, 2.05) is 0 Å². The number of ether oxygens (including phenoxy) is 1. The maximum atomic E-state index is 13.7. The van der Waals surface area contributed by atoms with Crippen LogP contribution >= 0.6 is 11.6 Å². The van der Waals surface area contributed by atoms with E-state index in [1.165, 1.54) is 42.5 Å². The molecule has 22 heavy (non-hydrogen) atoms. The van der Waals surface area contributed by atoms with Gasteiger partial charge in [-0.25, -0.2) is 4.79 Å². The fourth-order valence-electron chi connectivity index (χ4n) is 2.30. The lowest BCUT2D eigenvalue weighted by molar-refractivity contribution is -0.254. The quantitative estimate of drug-likeness (QED) is 0.792. The van der Waals surface area contributed by atoms with Gasteiger partial charge in [-0.15, -0.1) is 0 Å². The molecule has 114 valence electrons. The second-order valence-electron chi connectivity index (χ2n) is 4.75. The smallest absolute Gasteiger partial charge is 0.421 e. The van der Waals surface area contributed by atoms with Crippen molar-refractivity contribution in [2.24, 2.45) is 0 Å². The van der Waals surface area contributed by atoms with Gasteiger partial charge in [0.15, 0.2) is 0 Å². The van der Waals surface area contributed by atoms with Crippen molar-refractivity contribution in [3.63, 3.8) is 0 Å². The Labute approximate surface area is 128 Å². The Balaban J connectivity index is 2.20. The highest BCUT2D eigenvalue weighted by molar-refractivity contribution is 6.31. The van der Waals surface area contributed by atoms with Crippen molar-refractivity contribution >= 4 is 23.3 Å². The van der Waals surface area contributed by atoms with Gasteiger partial charge in [0.1, 0.15) is 0 Å². The molecule has 2 aromatic rings. The van der Waals surface area contributed by atoms with E-state index in [4.69, 9.17) is 16.3 Å². The van der Waals surface area contributed by atoms with Crippen LogP contribution in [0.3, 0.4) is 0 Å². The number of cyclic esters (lactones) is 1. The van der Waals surface area contributed by atoms with Crippen LogP contribution in [-0.2, 0) is 10.5 Å². The lowest BCUT2D eigenvalue weighted by Crippen LogP contribution is -2.54. The summed E-state index contributed by atoms with van der Waals surface area (Å²) in [6.07, 6.45) is -4.86. The molecule has 1 aliphatic heterocycles. The molecule has 1 heterocycles. The molecule has 0 aromatic heterocycles. The van der Waals surface area contributed by atoms with Crippen molar-refractivity contribution in [3.05, 3.63) is 64.7 Å². The van der Waals surface area contributed by atoms with Crippen molar-refractivity contribution in [3.8, 4) is 0 Å². The molecule has 0 bridgehead atoms. The van der Waals surface area contributed by atoms with Crippen LogP contribution in [-0.4, -0.2) is 12.1 Å². The fraction of sp³-hybridized carbons (Fsp3) is 0.133. The van der Waals surface area contributed by atoms with Crippen molar-refractivity contribution in [1.29, 1.82) is 0 Å². The van der Waals surface area contributed by atoms with Crippen LogP contribution in [0, 0.1) is 0 Å². The first-order chi connectivity index (χ1) is 10.3. The number of benzene rings is 2. The summed E-state index contributed by atoms with van der Waals surface area (Å²) in [6, 6.07) is 10.9. The monoisotopic (exact) mass is 327 g/mol. The highest BCUT2D eigenvalue weighted by Gasteiger charge is 2.62. The Morgan fingerprint density at radius 3 is 2.41 bits per heavy atom. The highest BCUT2D eigenvalue weighted by Crippen LogP contribution is 2.46. The van der Waals surface area contributed by atoms with Gasteiger partial charge < -0.3 is 10.1 Å². The average molecular weight is 328 g/mol. The normalized spacial score (nSPS) is 20.8. The molecule has 0 fully saturated rings. The summed E-state index contributed by atoms with van der Waals surface area (Å²) in [4.78, 5) is 12.0. The molecule has 0 saturated carbocycles. The third-order valence-corrected chi connectivity index (χ3v) is 3.57. The number of rotatable bonds is 1. The van der Waals surface area contributed by atoms with Gasteiger partial charge in [-0.1, -0.05) is 41.9 Å². The largest absolute Gasteiger partial charge is 0.453 e. The molecule has 3 rings (SSSR count). The number of carbonyl (C=O) groups is 1. The van der Waals surface area contributed by atoms with E-state index < -0.39 is 17.9 Å². The number of hydrogen-bond donors (Lipinski definition) is 1. The minimum Gasteiger partial charge on any atom is -0.421 e. The molecular formula is C15H9ClF3NO2. The number of halogens is 4. The molecule has 0 unspecified atom stereocenters. The maximum Gasteiger partial charge on any atom is 0.453 e. The lowest BCUT2D eigenvalue weighted by atomic mass is 9.98. The number of fused-ring (bicyclic) bond motifs is 1. The van der Waals surface area contributed by atoms with Gasteiger partial charge in [0.25, 0.3) is 0 Å². The van der Waals surface area contributed by atoms with Gasteiger partial charge in [0.2, 0.25) is 0 Å². The first-order valence-electron chi connectivity index (χ1n) is 6.27.